The van der Waals surface area contributed by atoms with Crippen LogP contribution in [0, 0.1) is 0 Å². The third kappa shape index (κ3) is 3.99. The fraction of sp³-hybridized carbons (Fsp3) is 0.0196. The first-order valence-corrected chi connectivity index (χ1v) is 19.3. The molecule has 1 aliphatic heterocycles. The maximum atomic E-state index is 6.85. The van der Waals surface area contributed by atoms with Crippen molar-refractivity contribution in [2.24, 2.45) is 0 Å². The Kier molecular flexibility index (Phi) is 6.17. The van der Waals surface area contributed by atoms with Crippen molar-refractivity contribution < 1.29 is 4.74 Å². The highest BCUT2D eigenvalue weighted by Gasteiger charge is 2.53. The second kappa shape index (κ2) is 11.2. The average molecular weight is 706 g/mol. The van der Waals surface area contributed by atoms with Crippen LogP contribution in [0.15, 0.2) is 188 Å². The molecule has 9 aromatic rings. The van der Waals surface area contributed by atoms with Crippen LogP contribution in [0.3, 0.4) is 0 Å². The lowest BCUT2D eigenvalue weighted by atomic mass is 9.70. The van der Waals surface area contributed by atoms with Crippen molar-refractivity contribution in [3.05, 3.63) is 210 Å². The van der Waals surface area contributed by atoms with E-state index in [-0.39, 0.29) is 0 Å². The van der Waals surface area contributed by atoms with Crippen LogP contribution in [0.4, 0.5) is 17.1 Å². The van der Waals surface area contributed by atoms with E-state index in [9.17, 15) is 0 Å². The van der Waals surface area contributed by atoms with Crippen LogP contribution >= 0.6 is 11.3 Å². The maximum absolute atomic E-state index is 6.85. The lowest BCUT2D eigenvalue weighted by Gasteiger charge is -2.34. The van der Waals surface area contributed by atoms with Gasteiger partial charge in [0.1, 0.15) is 0 Å². The monoisotopic (exact) mass is 705 g/mol. The van der Waals surface area contributed by atoms with E-state index in [2.05, 4.69) is 193 Å². The zero-order valence-corrected chi connectivity index (χ0v) is 30.0. The van der Waals surface area contributed by atoms with Crippen LogP contribution < -0.4 is 9.64 Å². The summed E-state index contributed by atoms with van der Waals surface area (Å²) in [4.78, 5) is 3.78. The van der Waals surface area contributed by atoms with E-state index in [0.29, 0.717) is 0 Å². The van der Waals surface area contributed by atoms with Crippen molar-refractivity contribution in [3.8, 4) is 55.3 Å². The fourth-order valence-corrected chi connectivity index (χ4v) is 10.7. The van der Waals surface area contributed by atoms with Gasteiger partial charge in [0.05, 0.1) is 16.8 Å². The van der Waals surface area contributed by atoms with Crippen LogP contribution in [0.1, 0.15) is 22.3 Å². The van der Waals surface area contributed by atoms with E-state index in [0.717, 1.165) is 50.8 Å². The third-order valence-corrected chi connectivity index (χ3v) is 12.9. The second-order valence-corrected chi connectivity index (χ2v) is 15.5. The van der Waals surface area contributed by atoms with Gasteiger partial charge in [0.15, 0.2) is 11.5 Å². The van der Waals surface area contributed by atoms with Crippen molar-refractivity contribution in [1.82, 2.24) is 0 Å². The van der Waals surface area contributed by atoms with Crippen LogP contribution in [0.2, 0.25) is 0 Å². The summed E-state index contributed by atoms with van der Waals surface area (Å²) >= 11 is 1.93. The molecule has 0 saturated heterocycles. The van der Waals surface area contributed by atoms with Gasteiger partial charge >= 0.3 is 0 Å². The molecule has 1 aromatic heterocycles. The Morgan fingerprint density at radius 3 is 1.67 bits per heavy atom. The van der Waals surface area contributed by atoms with Crippen LogP contribution in [0.25, 0.3) is 53.9 Å². The molecule has 0 fully saturated rings. The molecule has 8 aromatic carbocycles. The van der Waals surface area contributed by atoms with Crippen LogP contribution in [0.5, 0.6) is 11.5 Å². The molecule has 1 spiro atoms. The molecule has 0 saturated carbocycles. The lowest BCUT2D eigenvalue weighted by molar-refractivity contribution is 0.477. The minimum atomic E-state index is -0.397. The molecular weight excluding hydrogens is 675 g/mol. The highest BCUT2D eigenvalue weighted by molar-refractivity contribution is 7.22. The summed E-state index contributed by atoms with van der Waals surface area (Å²) in [6.07, 6.45) is 0. The number of hydrogen-bond donors (Lipinski definition) is 0. The summed E-state index contributed by atoms with van der Waals surface area (Å²) in [5, 5.41) is 1.35. The summed E-state index contributed by atoms with van der Waals surface area (Å²) in [6, 6.07) is 68.6. The molecule has 2 nitrogen and oxygen atoms in total. The zero-order chi connectivity index (χ0) is 35.4. The number of rotatable bonds is 3. The van der Waals surface area contributed by atoms with Gasteiger partial charge in [-0.15, -0.1) is 11.3 Å². The summed E-state index contributed by atoms with van der Waals surface area (Å²) in [6.45, 7) is 0. The largest absolute Gasteiger partial charge is 0.453 e. The fourth-order valence-electron chi connectivity index (χ4n) is 9.43. The van der Waals surface area contributed by atoms with Crippen LogP contribution in [-0.4, -0.2) is 0 Å². The highest BCUT2D eigenvalue weighted by atomic mass is 32.1. The van der Waals surface area contributed by atoms with Gasteiger partial charge < -0.3 is 9.64 Å². The maximum Gasteiger partial charge on any atom is 0.152 e. The molecule has 2 heterocycles. The van der Waals surface area contributed by atoms with Crippen LogP contribution in [-0.2, 0) is 5.41 Å². The molecule has 0 radical (unpaired) electrons. The van der Waals surface area contributed by atoms with E-state index in [1.54, 1.807) is 0 Å². The van der Waals surface area contributed by atoms with E-state index < -0.39 is 5.41 Å². The number of nitrogens with zero attached hydrogens (tertiary/aromatic N) is 1. The predicted molar refractivity (Wildman–Crippen MR) is 224 cm³/mol. The molecule has 1 atom stereocenters. The molecule has 3 heteroatoms. The first-order valence-electron chi connectivity index (χ1n) is 18.5. The number of ether oxygens (including phenoxy) is 1. The molecule has 0 N–H and O–H groups in total. The smallest absolute Gasteiger partial charge is 0.152 e. The lowest BCUT2D eigenvalue weighted by Crippen LogP contribution is -2.26. The molecule has 0 bridgehead atoms. The van der Waals surface area contributed by atoms with Gasteiger partial charge in [0, 0.05) is 15.3 Å². The number of anilines is 3. The van der Waals surface area contributed by atoms with Gasteiger partial charge in [-0.2, -0.15) is 0 Å². The predicted octanol–water partition coefficient (Wildman–Crippen LogP) is 14.2. The Hall–Kier alpha value is -6.68. The van der Waals surface area contributed by atoms with E-state index >= 15 is 0 Å². The second-order valence-electron chi connectivity index (χ2n) is 14.4. The van der Waals surface area contributed by atoms with Crippen molar-refractivity contribution >= 4 is 38.5 Å². The molecule has 54 heavy (non-hydrogen) atoms. The Bertz CT molecular complexity index is 2890. The standard InChI is InChI=1S/C51H31NOS/c1-3-13-32(14-4-1)34-23-27-44-46(29-34)53-47-30-35(33-15-5-2-6-16-33)24-28-45(47)52(44)36-25-26-43-40(31-36)37-17-7-10-20-41(37)51(43)42-21-11-8-18-38(42)50-49(51)39-19-9-12-22-48(39)54-50/h1-31H. The normalized spacial score (nSPS) is 15.6. The first-order chi connectivity index (χ1) is 26.8. The van der Waals surface area contributed by atoms with Gasteiger partial charge in [-0.25, -0.2) is 0 Å². The van der Waals surface area contributed by atoms with E-state index in [1.165, 1.54) is 53.9 Å². The highest BCUT2D eigenvalue weighted by Crippen LogP contribution is 2.66. The average Bonchev–Trinajstić information content (AvgIpc) is 3.86. The molecule has 0 amide bonds. The van der Waals surface area contributed by atoms with Crippen molar-refractivity contribution in [2.45, 2.75) is 5.41 Å². The molecule has 12 rings (SSSR count). The topological polar surface area (TPSA) is 12.5 Å². The van der Waals surface area contributed by atoms with Gasteiger partial charge in [-0.1, -0.05) is 146 Å². The first kappa shape index (κ1) is 29.9. The Balaban J connectivity index is 1.09. The van der Waals surface area contributed by atoms with E-state index in [1.807, 2.05) is 11.3 Å². The summed E-state index contributed by atoms with van der Waals surface area (Å²) in [5.74, 6) is 1.68. The summed E-state index contributed by atoms with van der Waals surface area (Å²) in [7, 11) is 0. The third-order valence-electron chi connectivity index (χ3n) is 11.7. The van der Waals surface area contributed by atoms with Gasteiger partial charge in [0.25, 0.3) is 0 Å². The molecule has 2 aliphatic carbocycles. The van der Waals surface area contributed by atoms with Crippen molar-refractivity contribution in [1.29, 1.82) is 0 Å². The molecule has 3 aliphatic rings. The minimum Gasteiger partial charge on any atom is -0.453 e. The van der Waals surface area contributed by atoms with Gasteiger partial charge in [0.2, 0.25) is 0 Å². The molecule has 252 valence electrons. The molecular formula is C51H31NOS. The Morgan fingerprint density at radius 1 is 0.426 bits per heavy atom. The number of benzene rings is 8. The van der Waals surface area contributed by atoms with Crippen molar-refractivity contribution in [2.75, 3.05) is 4.90 Å². The molecule has 1 unspecified atom stereocenters. The number of thiophene rings is 1. The van der Waals surface area contributed by atoms with E-state index in [4.69, 9.17) is 4.74 Å². The summed E-state index contributed by atoms with van der Waals surface area (Å²) < 4.78 is 8.19. The Morgan fingerprint density at radius 2 is 0.981 bits per heavy atom. The van der Waals surface area contributed by atoms with Crippen molar-refractivity contribution in [3.63, 3.8) is 0 Å². The summed E-state index contributed by atoms with van der Waals surface area (Å²) in [5.41, 5.74) is 16.7. The zero-order valence-electron chi connectivity index (χ0n) is 29.2. The minimum absolute atomic E-state index is 0.397. The van der Waals surface area contributed by atoms with Gasteiger partial charge in [-0.3, -0.25) is 0 Å². The quantitative estimate of drug-likeness (QED) is 0.181. The number of hydrogen-bond acceptors (Lipinski definition) is 3. The number of fused-ring (bicyclic) bond motifs is 14. The SMILES string of the molecule is c1ccc(-c2ccc3c(c2)Oc2cc(-c4ccccc4)ccc2N3c2ccc3c(c2)-c2ccccc2C32c3ccccc3-c3sc4ccccc4c32)cc1. The Labute approximate surface area is 317 Å². The van der Waals surface area contributed by atoms with Gasteiger partial charge in [-0.05, 0) is 109 Å².